The van der Waals surface area contributed by atoms with Gasteiger partial charge in [-0.2, -0.15) is 0 Å². The molecule has 2 aromatic rings. The Bertz CT molecular complexity index is 593. The lowest BCUT2D eigenvalue weighted by Gasteiger charge is -2.18. The lowest BCUT2D eigenvalue weighted by Crippen LogP contribution is -2.17. The first kappa shape index (κ1) is 13.9. The average Bonchev–Trinajstić information content (AvgIpc) is 2.80. The number of anilines is 1. The molecule has 0 radical (unpaired) electrons. The Morgan fingerprint density at radius 3 is 2.79 bits per heavy atom. The van der Waals surface area contributed by atoms with Crippen molar-refractivity contribution in [2.45, 2.75) is 26.8 Å². The molecule has 2 aromatic heterocycles. The van der Waals surface area contributed by atoms with Crippen molar-refractivity contribution in [2.24, 2.45) is 5.73 Å². The predicted molar refractivity (Wildman–Crippen MR) is 83.8 cm³/mol. The summed E-state index contributed by atoms with van der Waals surface area (Å²) in [5.74, 6) is 0. The topological polar surface area (TPSA) is 63.8 Å². The van der Waals surface area contributed by atoms with Crippen molar-refractivity contribution in [3.63, 3.8) is 0 Å². The number of aromatic nitrogens is 2. The number of thiocarbonyl (C=S) groups is 1. The van der Waals surface area contributed by atoms with Gasteiger partial charge in [0.25, 0.3) is 0 Å². The van der Waals surface area contributed by atoms with Crippen molar-refractivity contribution >= 4 is 34.2 Å². The summed E-state index contributed by atoms with van der Waals surface area (Å²) < 4.78 is 0. The Balaban J connectivity index is 2.36. The van der Waals surface area contributed by atoms with Crippen LogP contribution < -0.4 is 11.1 Å². The highest BCUT2D eigenvalue weighted by Crippen LogP contribution is 2.25. The number of hydrogen-bond acceptors (Lipinski definition) is 5. The summed E-state index contributed by atoms with van der Waals surface area (Å²) in [6, 6.07) is 2.07. The number of rotatable bonds is 4. The van der Waals surface area contributed by atoms with E-state index in [9.17, 15) is 0 Å². The zero-order valence-electron chi connectivity index (χ0n) is 11.1. The van der Waals surface area contributed by atoms with E-state index in [-0.39, 0.29) is 6.04 Å². The fourth-order valence-electron chi connectivity index (χ4n) is 2.00. The van der Waals surface area contributed by atoms with Gasteiger partial charge in [-0.05, 0) is 26.8 Å². The van der Waals surface area contributed by atoms with Crippen LogP contribution in [0.4, 0.5) is 5.69 Å². The lowest BCUT2D eigenvalue weighted by atomic mass is 10.1. The Hall–Kier alpha value is -1.53. The van der Waals surface area contributed by atoms with E-state index in [0.29, 0.717) is 4.99 Å². The number of pyridine rings is 1. The second-order valence-electron chi connectivity index (χ2n) is 4.37. The maximum absolute atomic E-state index is 5.80. The van der Waals surface area contributed by atoms with Gasteiger partial charge in [0.2, 0.25) is 0 Å². The van der Waals surface area contributed by atoms with Gasteiger partial charge < -0.3 is 11.1 Å². The number of nitrogens with zero attached hydrogens (tertiary/aromatic N) is 2. The van der Waals surface area contributed by atoms with Gasteiger partial charge >= 0.3 is 0 Å². The summed E-state index contributed by atoms with van der Waals surface area (Å²) in [5, 5.41) is 6.41. The Morgan fingerprint density at radius 1 is 1.47 bits per heavy atom. The van der Waals surface area contributed by atoms with E-state index in [1.807, 2.05) is 25.3 Å². The molecule has 0 saturated heterocycles. The molecule has 3 N–H and O–H groups in total. The molecule has 0 saturated carbocycles. The minimum Gasteiger partial charge on any atom is -0.389 e. The minimum atomic E-state index is 0.106. The van der Waals surface area contributed by atoms with E-state index in [1.165, 1.54) is 0 Å². The highest BCUT2D eigenvalue weighted by Gasteiger charge is 2.15. The zero-order chi connectivity index (χ0) is 14.0. The number of thiazole rings is 1. The molecule has 100 valence electrons. The van der Waals surface area contributed by atoms with Crippen molar-refractivity contribution in [1.82, 2.24) is 9.97 Å². The number of aryl methyl sites for hydroxylation is 2. The monoisotopic (exact) mass is 292 g/mol. The van der Waals surface area contributed by atoms with Crippen LogP contribution in [-0.4, -0.2) is 15.0 Å². The van der Waals surface area contributed by atoms with Gasteiger partial charge in [-0.1, -0.05) is 12.2 Å². The zero-order valence-corrected chi connectivity index (χ0v) is 12.7. The maximum Gasteiger partial charge on any atom is 0.115 e. The summed E-state index contributed by atoms with van der Waals surface area (Å²) >= 11 is 6.74. The highest BCUT2D eigenvalue weighted by molar-refractivity contribution is 7.80. The molecule has 2 rings (SSSR count). The standard InChI is InChI=1S/C13H16N4S2/c1-7-6-10(11(12(14)18)8(2)16-7)17-9(3)13-15-4-5-19-13/h4-6,9H,1-3H3,(H2,14,18)(H,16,17). The summed E-state index contributed by atoms with van der Waals surface area (Å²) in [4.78, 5) is 9.07. The molecule has 0 bridgehead atoms. The van der Waals surface area contributed by atoms with E-state index in [4.69, 9.17) is 18.0 Å². The van der Waals surface area contributed by atoms with Crippen LogP contribution in [0.5, 0.6) is 0 Å². The van der Waals surface area contributed by atoms with Crippen molar-refractivity contribution in [3.05, 3.63) is 39.6 Å². The molecule has 1 atom stereocenters. The second kappa shape index (κ2) is 5.63. The van der Waals surface area contributed by atoms with Crippen molar-refractivity contribution < 1.29 is 0 Å². The molecule has 0 spiro atoms. The Kier molecular flexibility index (Phi) is 4.11. The fourth-order valence-corrected chi connectivity index (χ4v) is 2.90. The fraction of sp³-hybridized carbons (Fsp3) is 0.308. The van der Waals surface area contributed by atoms with Gasteiger partial charge in [0, 0.05) is 28.7 Å². The first-order chi connectivity index (χ1) is 8.99. The molecule has 1 unspecified atom stereocenters. The number of nitrogens with two attached hydrogens (primary N) is 1. The summed E-state index contributed by atoms with van der Waals surface area (Å²) in [6.07, 6.45) is 1.80. The van der Waals surface area contributed by atoms with Gasteiger partial charge in [-0.3, -0.25) is 4.98 Å². The van der Waals surface area contributed by atoms with Crippen LogP contribution in [-0.2, 0) is 0 Å². The molecule has 0 aliphatic rings. The van der Waals surface area contributed by atoms with Crippen LogP contribution in [0.2, 0.25) is 0 Å². The van der Waals surface area contributed by atoms with Crippen LogP contribution in [0, 0.1) is 13.8 Å². The molecule has 2 heterocycles. The molecule has 6 heteroatoms. The third kappa shape index (κ3) is 3.08. The lowest BCUT2D eigenvalue weighted by molar-refractivity contribution is 0.867. The molecular weight excluding hydrogens is 276 g/mol. The highest BCUT2D eigenvalue weighted by atomic mass is 32.1. The first-order valence-electron chi connectivity index (χ1n) is 5.93. The van der Waals surface area contributed by atoms with Crippen LogP contribution >= 0.6 is 23.6 Å². The minimum absolute atomic E-state index is 0.106. The van der Waals surface area contributed by atoms with Crippen LogP contribution in [0.15, 0.2) is 17.6 Å². The van der Waals surface area contributed by atoms with E-state index in [2.05, 4.69) is 22.2 Å². The second-order valence-corrected chi connectivity index (χ2v) is 5.74. The molecule has 0 aliphatic carbocycles. The van der Waals surface area contributed by atoms with Gasteiger partial charge in [-0.15, -0.1) is 11.3 Å². The largest absolute Gasteiger partial charge is 0.389 e. The average molecular weight is 292 g/mol. The normalized spacial score (nSPS) is 12.2. The van der Waals surface area contributed by atoms with Gasteiger partial charge in [-0.25, -0.2) is 4.98 Å². The molecule has 0 fully saturated rings. The summed E-state index contributed by atoms with van der Waals surface area (Å²) in [6.45, 7) is 5.93. The quantitative estimate of drug-likeness (QED) is 0.848. The number of hydrogen-bond donors (Lipinski definition) is 2. The summed E-state index contributed by atoms with van der Waals surface area (Å²) in [5.41, 5.74) is 9.31. The molecule has 4 nitrogen and oxygen atoms in total. The third-order valence-electron chi connectivity index (χ3n) is 2.77. The van der Waals surface area contributed by atoms with Crippen molar-refractivity contribution in [1.29, 1.82) is 0 Å². The molecular formula is C13H16N4S2. The van der Waals surface area contributed by atoms with Crippen LogP contribution in [0.3, 0.4) is 0 Å². The summed E-state index contributed by atoms with van der Waals surface area (Å²) in [7, 11) is 0. The van der Waals surface area contributed by atoms with E-state index >= 15 is 0 Å². The first-order valence-corrected chi connectivity index (χ1v) is 7.21. The molecule has 19 heavy (non-hydrogen) atoms. The Morgan fingerprint density at radius 2 is 2.21 bits per heavy atom. The van der Waals surface area contributed by atoms with Crippen LogP contribution in [0.25, 0.3) is 0 Å². The molecule has 0 aliphatic heterocycles. The SMILES string of the molecule is Cc1cc(NC(C)c2nccs2)c(C(N)=S)c(C)n1. The van der Waals surface area contributed by atoms with Crippen LogP contribution in [0.1, 0.15) is 34.9 Å². The van der Waals surface area contributed by atoms with Gasteiger partial charge in [0.05, 0.1) is 11.6 Å². The van der Waals surface area contributed by atoms with E-state index in [0.717, 1.165) is 27.6 Å². The maximum atomic E-state index is 5.80. The predicted octanol–water partition coefficient (Wildman–Crippen LogP) is 2.96. The van der Waals surface area contributed by atoms with Crippen molar-refractivity contribution in [2.75, 3.05) is 5.32 Å². The van der Waals surface area contributed by atoms with E-state index < -0.39 is 0 Å². The van der Waals surface area contributed by atoms with Gasteiger partial charge in [0.15, 0.2) is 0 Å². The number of nitrogens with one attached hydrogen (secondary N) is 1. The molecule has 0 amide bonds. The van der Waals surface area contributed by atoms with Gasteiger partial charge in [0.1, 0.15) is 10.00 Å². The molecule has 0 aromatic carbocycles. The third-order valence-corrected chi connectivity index (χ3v) is 3.93. The van der Waals surface area contributed by atoms with E-state index in [1.54, 1.807) is 17.5 Å². The van der Waals surface area contributed by atoms with Crippen molar-refractivity contribution in [3.8, 4) is 0 Å². The Labute approximate surface area is 122 Å². The smallest absolute Gasteiger partial charge is 0.115 e.